The highest BCUT2D eigenvalue weighted by Gasteiger charge is 2.11. The van der Waals surface area contributed by atoms with Crippen molar-refractivity contribution in [1.82, 2.24) is 0 Å². The Hall–Kier alpha value is -2.15. The van der Waals surface area contributed by atoms with Crippen LogP contribution in [0.4, 0.5) is 0 Å². The predicted octanol–water partition coefficient (Wildman–Crippen LogP) is 5.31. The highest BCUT2D eigenvalue weighted by atomic mass is 16.1. The lowest BCUT2D eigenvalue weighted by Crippen LogP contribution is -2.04. The molecule has 0 N–H and O–H groups in total. The molecular formula is C19H24O. The van der Waals surface area contributed by atoms with E-state index < -0.39 is 0 Å². The molecule has 20 heavy (non-hydrogen) atoms. The quantitative estimate of drug-likeness (QED) is 0.388. The Bertz CT molecular complexity index is 506. The SMILES string of the molecule is C=C.C=C/C(C)=C(\C=C)CC(=O)c1ccccc1CC. The van der Waals surface area contributed by atoms with Crippen molar-refractivity contribution in [3.63, 3.8) is 0 Å². The Morgan fingerprint density at radius 3 is 2.25 bits per heavy atom. The third-order valence-corrected chi connectivity index (χ3v) is 3.11. The van der Waals surface area contributed by atoms with E-state index in [2.05, 4.69) is 33.2 Å². The molecule has 0 spiro atoms. The standard InChI is InChI=1S/C17H20O.C2H4/c1-5-13(4)15(7-3)12-17(18)16-11-9-8-10-14(16)6-2;1-2/h5,7-11H,1,3,6,12H2,2,4H3;1-2H2/b15-13+;. The van der Waals surface area contributed by atoms with E-state index in [4.69, 9.17) is 0 Å². The van der Waals surface area contributed by atoms with Crippen LogP contribution in [0, 0.1) is 0 Å². The normalized spacial score (nSPS) is 10.7. The molecule has 1 heteroatoms. The van der Waals surface area contributed by atoms with Gasteiger partial charge in [0.1, 0.15) is 0 Å². The van der Waals surface area contributed by atoms with E-state index in [0.29, 0.717) is 6.42 Å². The van der Waals surface area contributed by atoms with E-state index in [1.165, 1.54) is 0 Å². The zero-order chi connectivity index (χ0) is 15.5. The van der Waals surface area contributed by atoms with E-state index in [-0.39, 0.29) is 5.78 Å². The minimum atomic E-state index is 0.142. The summed E-state index contributed by atoms with van der Waals surface area (Å²) in [5.41, 5.74) is 3.87. The smallest absolute Gasteiger partial charge is 0.167 e. The molecule has 1 nitrogen and oxygen atoms in total. The van der Waals surface area contributed by atoms with Gasteiger partial charge in [0, 0.05) is 12.0 Å². The largest absolute Gasteiger partial charge is 0.294 e. The van der Waals surface area contributed by atoms with Crippen LogP contribution < -0.4 is 0 Å². The van der Waals surface area contributed by atoms with Gasteiger partial charge in [0.2, 0.25) is 0 Å². The number of carbonyl (C=O) groups is 1. The first kappa shape index (κ1) is 17.8. The molecule has 0 unspecified atom stereocenters. The summed E-state index contributed by atoms with van der Waals surface area (Å²) in [6.45, 7) is 17.5. The number of benzene rings is 1. The third-order valence-electron chi connectivity index (χ3n) is 3.11. The molecule has 0 atom stereocenters. The van der Waals surface area contributed by atoms with Crippen molar-refractivity contribution >= 4 is 5.78 Å². The average Bonchev–Trinajstić information content (AvgIpc) is 2.53. The highest BCUT2D eigenvalue weighted by molar-refractivity contribution is 5.99. The number of Topliss-reactive ketones (excluding diaryl/α,β-unsaturated/α-hetero) is 1. The van der Waals surface area contributed by atoms with Gasteiger partial charge in [0.15, 0.2) is 5.78 Å². The number of hydrogen-bond donors (Lipinski definition) is 0. The number of aryl methyl sites for hydroxylation is 1. The number of ketones is 1. The third kappa shape index (κ3) is 4.85. The van der Waals surface area contributed by atoms with Crippen LogP contribution >= 0.6 is 0 Å². The van der Waals surface area contributed by atoms with Crippen molar-refractivity contribution in [3.05, 3.63) is 85.0 Å². The molecule has 0 saturated heterocycles. The van der Waals surface area contributed by atoms with Crippen LogP contribution in [0.15, 0.2) is 73.9 Å². The van der Waals surface area contributed by atoms with Gasteiger partial charge in [-0.05, 0) is 30.1 Å². The fourth-order valence-electron chi connectivity index (χ4n) is 1.87. The highest BCUT2D eigenvalue weighted by Crippen LogP contribution is 2.18. The monoisotopic (exact) mass is 268 g/mol. The second-order valence-corrected chi connectivity index (χ2v) is 4.23. The summed E-state index contributed by atoms with van der Waals surface area (Å²) in [6.07, 6.45) is 4.76. The lowest BCUT2D eigenvalue weighted by atomic mass is 9.95. The number of carbonyl (C=O) groups excluding carboxylic acids is 1. The summed E-state index contributed by atoms with van der Waals surface area (Å²) in [5, 5.41) is 0. The topological polar surface area (TPSA) is 17.1 Å². The molecule has 0 aromatic heterocycles. The van der Waals surface area contributed by atoms with Crippen molar-refractivity contribution in [2.45, 2.75) is 26.7 Å². The van der Waals surface area contributed by atoms with Crippen molar-refractivity contribution in [3.8, 4) is 0 Å². The molecule has 1 aromatic carbocycles. The van der Waals surface area contributed by atoms with Crippen LogP contribution in [0.5, 0.6) is 0 Å². The lowest BCUT2D eigenvalue weighted by molar-refractivity contribution is 0.0992. The maximum absolute atomic E-state index is 12.3. The van der Waals surface area contributed by atoms with Gasteiger partial charge in [-0.15, -0.1) is 13.2 Å². The molecule has 0 aliphatic rings. The zero-order valence-electron chi connectivity index (χ0n) is 12.6. The van der Waals surface area contributed by atoms with Gasteiger partial charge in [0.05, 0.1) is 0 Å². The van der Waals surface area contributed by atoms with Crippen LogP contribution in [0.25, 0.3) is 0 Å². The minimum Gasteiger partial charge on any atom is -0.294 e. The fraction of sp³-hybridized carbons (Fsp3) is 0.211. The Kier molecular flexibility index (Phi) is 8.69. The van der Waals surface area contributed by atoms with Crippen molar-refractivity contribution < 1.29 is 4.79 Å². The van der Waals surface area contributed by atoms with E-state index in [1.54, 1.807) is 12.2 Å². The summed E-state index contributed by atoms with van der Waals surface area (Å²) in [5.74, 6) is 0.142. The fourth-order valence-corrected chi connectivity index (χ4v) is 1.87. The molecule has 0 fully saturated rings. The maximum atomic E-state index is 12.3. The van der Waals surface area contributed by atoms with E-state index in [0.717, 1.165) is 28.7 Å². The molecule has 0 aliphatic heterocycles. The Balaban J connectivity index is 0.00000172. The first-order chi connectivity index (χ1) is 9.63. The molecule has 1 rings (SSSR count). The summed E-state index contributed by atoms with van der Waals surface area (Å²) >= 11 is 0. The van der Waals surface area contributed by atoms with Gasteiger partial charge in [-0.3, -0.25) is 4.79 Å². The first-order valence-electron chi connectivity index (χ1n) is 6.69. The zero-order valence-corrected chi connectivity index (χ0v) is 12.6. The molecule has 0 bridgehead atoms. The van der Waals surface area contributed by atoms with Crippen molar-refractivity contribution in [1.29, 1.82) is 0 Å². The molecule has 0 radical (unpaired) electrons. The molecule has 0 heterocycles. The molecule has 0 saturated carbocycles. The van der Waals surface area contributed by atoms with E-state index in [9.17, 15) is 4.79 Å². The Morgan fingerprint density at radius 1 is 1.15 bits per heavy atom. The van der Waals surface area contributed by atoms with Gasteiger partial charge in [-0.1, -0.05) is 56.5 Å². The van der Waals surface area contributed by atoms with Gasteiger partial charge < -0.3 is 0 Å². The van der Waals surface area contributed by atoms with Gasteiger partial charge in [-0.25, -0.2) is 0 Å². The number of rotatable bonds is 6. The summed E-state index contributed by atoms with van der Waals surface area (Å²) in [6, 6.07) is 7.77. The average molecular weight is 268 g/mol. The van der Waals surface area contributed by atoms with Crippen LogP contribution in [0.3, 0.4) is 0 Å². The van der Waals surface area contributed by atoms with Crippen molar-refractivity contribution in [2.75, 3.05) is 0 Å². The Labute approximate surface area is 123 Å². The van der Waals surface area contributed by atoms with Crippen LogP contribution in [0.1, 0.15) is 36.2 Å². The van der Waals surface area contributed by atoms with Crippen LogP contribution in [-0.2, 0) is 6.42 Å². The van der Waals surface area contributed by atoms with Crippen LogP contribution in [-0.4, -0.2) is 5.78 Å². The van der Waals surface area contributed by atoms with E-state index >= 15 is 0 Å². The van der Waals surface area contributed by atoms with Crippen molar-refractivity contribution in [2.24, 2.45) is 0 Å². The molecular weight excluding hydrogens is 244 g/mol. The summed E-state index contributed by atoms with van der Waals surface area (Å²) in [7, 11) is 0. The molecule has 0 amide bonds. The Morgan fingerprint density at radius 2 is 1.75 bits per heavy atom. The lowest BCUT2D eigenvalue weighted by Gasteiger charge is -2.08. The van der Waals surface area contributed by atoms with Crippen LogP contribution in [0.2, 0.25) is 0 Å². The maximum Gasteiger partial charge on any atom is 0.167 e. The second-order valence-electron chi connectivity index (χ2n) is 4.23. The molecule has 0 aliphatic carbocycles. The second kappa shape index (κ2) is 9.74. The van der Waals surface area contributed by atoms with Gasteiger partial charge in [-0.2, -0.15) is 0 Å². The summed E-state index contributed by atoms with van der Waals surface area (Å²) in [4.78, 5) is 12.3. The van der Waals surface area contributed by atoms with E-state index in [1.807, 2.05) is 31.2 Å². The predicted molar refractivity (Wildman–Crippen MR) is 89.1 cm³/mol. The van der Waals surface area contributed by atoms with Gasteiger partial charge in [0.25, 0.3) is 0 Å². The summed E-state index contributed by atoms with van der Waals surface area (Å²) < 4.78 is 0. The molecule has 1 aromatic rings. The molecule has 106 valence electrons. The van der Waals surface area contributed by atoms with Gasteiger partial charge >= 0.3 is 0 Å². The minimum absolute atomic E-state index is 0.142. The first-order valence-corrected chi connectivity index (χ1v) is 6.69. The number of hydrogen-bond acceptors (Lipinski definition) is 1. The number of allylic oxidation sites excluding steroid dienone is 4.